The number of nitrogens with zero attached hydrogens (tertiary/aromatic N) is 1. The quantitative estimate of drug-likeness (QED) is 0.632. The number of fused-ring (bicyclic) bond motifs is 1. The fourth-order valence-corrected chi connectivity index (χ4v) is 5.15. The molecule has 0 bridgehead atoms. The number of para-hydroxylation sites is 2. The van der Waals surface area contributed by atoms with Crippen LogP contribution in [0.2, 0.25) is 0 Å². The van der Waals surface area contributed by atoms with Crippen molar-refractivity contribution in [1.29, 1.82) is 0 Å². The summed E-state index contributed by atoms with van der Waals surface area (Å²) in [6.07, 6.45) is 0. The largest absolute Gasteiger partial charge is 0.476 e. The summed E-state index contributed by atoms with van der Waals surface area (Å²) in [5, 5.41) is 8.75. The van der Waals surface area contributed by atoms with Crippen LogP contribution in [0.15, 0.2) is 78.9 Å². The number of carbonyl (C=O) groups excluding carboxylic acids is 1. The van der Waals surface area contributed by atoms with Crippen molar-refractivity contribution < 1.29 is 27.9 Å². The highest BCUT2D eigenvalue weighted by atomic mass is 31.2. The van der Waals surface area contributed by atoms with Crippen LogP contribution in [-0.4, -0.2) is 18.1 Å². The van der Waals surface area contributed by atoms with Crippen LogP contribution < -0.4 is 13.9 Å². The Morgan fingerprint density at radius 2 is 1.45 bits per heavy atom. The Hall–Kier alpha value is -3.15. The van der Waals surface area contributed by atoms with Crippen LogP contribution in [0.4, 0.5) is 10.1 Å². The van der Waals surface area contributed by atoms with Crippen LogP contribution in [0.3, 0.4) is 0 Å². The molecule has 6 nitrogen and oxygen atoms in total. The van der Waals surface area contributed by atoms with Gasteiger partial charge in [-0.25, -0.2) is 8.96 Å². The minimum Gasteiger partial charge on any atom is -0.414 e. The molecule has 0 spiro atoms. The van der Waals surface area contributed by atoms with Crippen molar-refractivity contribution in [2.75, 3.05) is 11.9 Å². The second-order valence-electron chi connectivity index (χ2n) is 6.50. The van der Waals surface area contributed by atoms with Crippen LogP contribution >= 0.6 is 7.60 Å². The Morgan fingerprint density at radius 3 is 1.97 bits per heavy atom. The number of anilines is 1. The number of benzene rings is 3. The molecular weight excluding hydrogens is 396 g/mol. The van der Waals surface area contributed by atoms with E-state index in [-0.39, 0.29) is 22.7 Å². The summed E-state index contributed by atoms with van der Waals surface area (Å²) >= 11 is 0. The van der Waals surface area contributed by atoms with Gasteiger partial charge >= 0.3 is 7.60 Å². The average molecular weight is 413 g/mol. The Labute approximate surface area is 166 Å². The number of likely N-dealkylation sites (N-methyl/N-ethyl adjacent to an activating group) is 1. The molecule has 3 aromatic rings. The lowest BCUT2D eigenvalue weighted by Gasteiger charge is -2.30. The van der Waals surface area contributed by atoms with Crippen molar-refractivity contribution in [3.8, 4) is 11.5 Å². The number of amides is 1. The van der Waals surface area contributed by atoms with Gasteiger partial charge in [0.25, 0.3) is 11.2 Å². The lowest BCUT2D eigenvalue weighted by Crippen LogP contribution is -2.41. The summed E-state index contributed by atoms with van der Waals surface area (Å²) in [6.45, 7) is 0. The highest BCUT2D eigenvalue weighted by Gasteiger charge is 2.66. The van der Waals surface area contributed by atoms with Gasteiger partial charge in [-0.3, -0.25) is 4.79 Å². The number of hydrogen-bond acceptors (Lipinski definition) is 5. The second-order valence-corrected chi connectivity index (χ2v) is 8.51. The van der Waals surface area contributed by atoms with Crippen molar-refractivity contribution in [3.05, 3.63) is 90.2 Å². The van der Waals surface area contributed by atoms with Gasteiger partial charge in [-0.05, 0) is 42.5 Å². The number of rotatable bonds is 5. The van der Waals surface area contributed by atoms with E-state index in [1.807, 2.05) is 0 Å². The van der Waals surface area contributed by atoms with Gasteiger partial charge < -0.3 is 19.1 Å². The molecule has 1 amide bonds. The molecular formula is C21H17FNO5P. The van der Waals surface area contributed by atoms with Gasteiger partial charge in [-0.1, -0.05) is 36.4 Å². The minimum atomic E-state index is -4.67. The summed E-state index contributed by atoms with van der Waals surface area (Å²) < 4.78 is 39.3. The highest BCUT2D eigenvalue weighted by molar-refractivity contribution is 7.57. The molecule has 4 rings (SSSR count). The van der Waals surface area contributed by atoms with Crippen molar-refractivity contribution in [1.82, 2.24) is 0 Å². The maximum absolute atomic E-state index is 14.0. The third-order valence-corrected chi connectivity index (χ3v) is 6.76. The van der Waals surface area contributed by atoms with E-state index in [2.05, 4.69) is 0 Å². The maximum atomic E-state index is 14.0. The molecule has 1 N–H and O–H groups in total. The van der Waals surface area contributed by atoms with Crippen molar-refractivity contribution in [2.24, 2.45) is 0 Å². The molecule has 1 heterocycles. The van der Waals surface area contributed by atoms with E-state index in [9.17, 15) is 18.9 Å². The molecule has 0 aromatic heterocycles. The van der Waals surface area contributed by atoms with Crippen molar-refractivity contribution in [3.63, 3.8) is 0 Å². The Morgan fingerprint density at radius 1 is 0.931 bits per heavy atom. The first kappa shape index (κ1) is 19.2. The fraction of sp³-hybridized carbons (Fsp3) is 0.0952. The molecule has 1 aliphatic heterocycles. The summed E-state index contributed by atoms with van der Waals surface area (Å²) in [7, 11) is -3.28. The maximum Gasteiger partial charge on any atom is 0.476 e. The van der Waals surface area contributed by atoms with Gasteiger partial charge in [0, 0.05) is 12.6 Å². The summed E-state index contributed by atoms with van der Waals surface area (Å²) in [6, 6.07) is 19.5. The number of aliphatic hydroxyl groups is 1. The average Bonchev–Trinajstić information content (AvgIpc) is 2.91. The number of hydrogen-bond donors (Lipinski definition) is 1. The second kappa shape index (κ2) is 7.03. The molecule has 0 fully saturated rings. The van der Waals surface area contributed by atoms with Gasteiger partial charge in [0.05, 0.1) is 5.69 Å². The normalized spacial score (nSPS) is 18.4. The van der Waals surface area contributed by atoms with Crippen LogP contribution in [0.1, 0.15) is 5.56 Å². The van der Waals surface area contributed by atoms with Crippen molar-refractivity contribution >= 4 is 19.2 Å². The van der Waals surface area contributed by atoms with Gasteiger partial charge in [0.15, 0.2) is 0 Å². The molecule has 29 heavy (non-hydrogen) atoms. The minimum absolute atomic E-state index is 0.125. The van der Waals surface area contributed by atoms with Gasteiger partial charge in [0.2, 0.25) is 0 Å². The van der Waals surface area contributed by atoms with Crippen LogP contribution in [-0.2, 0) is 14.7 Å². The van der Waals surface area contributed by atoms with E-state index >= 15 is 0 Å². The van der Waals surface area contributed by atoms with E-state index in [4.69, 9.17) is 9.05 Å². The molecule has 1 aliphatic rings. The van der Waals surface area contributed by atoms with Gasteiger partial charge in [-0.15, -0.1) is 0 Å². The van der Waals surface area contributed by atoms with Crippen LogP contribution in [0.25, 0.3) is 0 Å². The molecule has 0 aliphatic carbocycles. The lowest BCUT2D eigenvalue weighted by atomic mass is 10.1. The molecule has 0 saturated carbocycles. The number of carbonyl (C=O) groups is 1. The molecule has 8 heteroatoms. The zero-order chi connectivity index (χ0) is 20.6. The Bertz CT molecular complexity index is 1060. The molecule has 148 valence electrons. The van der Waals surface area contributed by atoms with E-state index in [1.165, 1.54) is 37.4 Å². The third-order valence-electron chi connectivity index (χ3n) is 4.63. The molecule has 0 saturated heterocycles. The zero-order valence-electron chi connectivity index (χ0n) is 15.4. The Balaban J connectivity index is 1.90. The van der Waals surface area contributed by atoms with E-state index in [0.29, 0.717) is 0 Å². The van der Waals surface area contributed by atoms with Crippen LogP contribution in [0.5, 0.6) is 11.5 Å². The SMILES string of the molecule is CN1C(=O)C(O)(P(=O)(Oc2ccccc2)Oc2ccccc2)c2cc(F)ccc21. The first-order chi connectivity index (χ1) is 13.8. The smallest absolute Gasteiger partial charge is 0.414 e. The summed E-state index contributed by atoms with van der Waals surface area (Å²) in [5.74, 6) is -1.38. The third kappa shape index (κ3) is 3.09. The first-order valence-corrected chi connectivity index (χ1v) is 10.3. The van der Waals surface area contributed by atoms with Crippen LogP contribution in [0, 0.1) is 5.82 Å². The summed E-state index contributed by atoms with van der Waals surface area (Å²) in [5.41, 5.74) is 0.0349. The predicted octanol–water partition coefficient (Wildman–Crippen LogP) is 4.30. The molecule has 1 unspecified atom stereocenters. The van der Waals surface area contributed by atoms with E-state index < -0.39 is 24.7 Å². The Kier molecular flexibility index (Phi) is 4.65. The van der Waals surface area contributed by atoms with Gasteiger partial charge in [-0.2, -0.15) is 0 Å². The highest BCUT2D eigenvalue weighted by Crippen LogP contribution is 2.66. The molecule has 0 radical (unpaired) electrons. The topological polar surface area (TPSA) is 76.1 Å². The fourth-order valence-electron chi connectivity index (χ4n) is 3.19. The van der Waals surface area contributed by atoms with E-state index in [1.54, 1.807) is 36.4 Å². The predicted molar refractivity (Wildman–Crippen MR) is 105 cm³/mol. The summed E-state index contributed by atoms with van der Waals surface area (Å²) in [4.78, 5) is 14.1. The van der Waals surface area contributed by atoms with E-state index in [0.717, 1.165) is 17.0 Å². The van der Waals surface area contributed by atoms with Crippen molar-refractivity contribution in [2.45, 2.75) is 5.34 Å². The zero-order valence-corrected chi connectivity index (χ0v) is 16.3. The standard InChI is InChI=1S/C21H17FNO5P/c1-23-19-13-12-15(22)14-18(19)21(25,20(23)24)29(26,27-16-8-4-2-5-9-16)28-17-10-6-3-7-11-17/h2-14,25H,1H3. The first-order valence-electron chi connectivity index (χ1n) is 8.75. The lowest BCUT2D eigenvalue weighted by molar-refractivity contribution is -0.129. The molecule has 1 atom stereocenters. The van der Waals surface area contributed by atoms with Gasteiger partial charge in [0.1, 0.15) is 17.3 Å². The molecule has 3 aromatic carbocycles. The monoisotopic (exact) mass is 413 g/mol. The number of halogens is 1.